The molecule has 1 unspecified atom stereocenters. The Morgan fingerprint density at radius 3 is 2.50 bits per heavy atom. The van der Waals surface area contributed by atoms with Crippen molar-refractivity contribution in [3.63, 3.8) is 0 Å². The molecule has 0 bridgehead atoms. The van der Waals surface area contributed by atoms with Crippen LogP contribution in [0.2, 0.25) is 0 Å². The maximum Gasteiger partial charge on any atom is 0.416 e. The number of amides is 2. The molecule has 9 nitrogen and oxygen atoms in total. The van der Waals surface area contributed by atoms with E-state index in [0.29, 0.717) is 35.8 Å². The number of fused-ring (bicyclic) bond motifs is 2. The first-order valence-electron chi connectivity index (χ1n) is 13.4. The van der Waals surface area contributed by atoms with Crippen molar-refractivity contribution in [2.75, 3.05) is 12.3 Å². The van der Waals surface area contributed by atoms with Gasteiger partial charge in [-0.15, -0.1) is 0 Å². The Morgan fingerprint density at radius 1 is 1.05 bits per heavy atom. The third-order valence-corrected chi connectivity index (χ3v) is 8.12. The average molecular weight is 577 g/mol. The number of carbonyl (C=O) groups excluding carboxylic acids is 2. The van der Waals surface area contributed by atoms with Crippen molar-refractivity contribution in [2.45, 2.75) is 43.0 Å². The Labute approximate surface area is 238 Å². The van der Waals surface area contributed by atoms with Gasteiger partial charge in [0.1, 0.15) is 22.9 Å². The van der Waals surface area contributed by atoms with E-state index in [2.05, 4.69) is 11.1 Å². The van der Waals surface area contributed by atoms with E-state index in [0.717, 1.165) is 30.8 Å². The largest absolute Gasteiger partial charge is 0.416 e. The van der Waals surface area contributed by atoms with E-state index in [9.17, 15) is 27.9 Å². The fourth-order valence-corrected chi connectivity index (χ4v) is 5.95. The molecule has 2 aliphatic heterocycles. The smallest absolute Gasteiger partial charge is 0.382 e. The lowest BCUT2D eigenvalue weighted by Gasteiger charge is -2.39. The van der Waals surface area contributed by atoms with Crippen LogP contribution in [0.3, 0.4) is 0 Å². The van der Waals surface area contributed by atoms with Crippen LogP contribution < -0.4 is 11.5 Å². The number of hydrogen-bond donors (Lipinski definition) is 3. The molecule has 3 atom stereocenters. The fraction of sp³-hybridized carbons (Fsp3) is 0.267. The van der Waals surface area contributed by atoms with Crippen LogP contribution in [-0.4, -0.2) is 48.8 Å². The predicted molar refractivity (Wildman–Crippen MR) is 148 cm³/mol. The minimum Gasteiger partial charge on any atom is -0.382 e. The van der Waals surface area contributed by atoms with Crippen LogP contribution >= 0.6 is 0 Å². The number of nitrogens with zero attached hydrogens (tertiary/aromatic N) is 4. The van der Waals surface area contributed by atoms with E-state index < -0.39 is 23.2 Å². The number of benzene rings is 2. The van der Waals surface area contributed by atoms with Gasteiger partial charge in [-0.25, -0.2) is 9.97 Å². The first-order valence-corrected chi connectivity index (χ1v) is 13.4. The summed E-state index contributed by atoms with van der Waals surface area (Å²) >= 11 is 0. The van der Waals surface area contributed by atoms with Gasteiger partial charge in [0.05, 0.1) is 11.6 Å². The SMILES string of the molecule is NC(=O)C(O)(c1ccc(-c2nc([C@@H]3CC[C@H]4C=CCC(=O)N4C3)n3ccnc(N)c23)cc1)c1cccc(C(F)(F)F)c1. The molecule has 0 radical (unpaired) electrons. The molecule has 2 aromatic carbocycles. The number of carbonyl (C=O) groups is 2. The predicted octanol–water partition coefficient (Wildman–Crippen LogP) is 3.75. The number of nitrogens with two attached hydrogens (primary N) is 2. The van der Waals surface area contributed by atoms with Crippen LogP contribution in [0.15, 0.2) is 73.1 Å². The normalized spacial score (nSPS) is 20.4. The maximum atomic E-state index is 13.4. The zero-order chi connectivity index (χ0) is 29.8. The van der Waals surface area contributed by atoms with Crippen molar-refractivity contribution in [3.8, 4) is 11.3 Å². The molecule has 42 heavy (non-hydrogen) atoms. The topological polar surface area (TPSA) is 140 Å². The van der Waals surface area contributed by atoms with Crippen molar-refractivity contribution < 1.29 is 27.9 Å². The molecule has 2 aromatic heterocycles. The minimum atomic E-state index is -4.68. The number of nitrogen functional groups attached to an aromatic ring is 1. The second-order valence-electron chi connectivity index (χ2n) is 10.6. The summed E-state index contributed by atoms with van der Waals surface area (Å²) in [4.78, 5) is 36.1. The monoisotopic (exact) mass is 576 g/mol. The molecule has 4 aromatic rings. The number of halogens is 3. The number of primary amides is 1. The Hall–Kier alpha value is -4.71. The fourth-order valence-electron chi connectivity index (χ4n) is 5.95. The Morgan fingerprint density at radius 2 is 1.79 bits per heavy atom. The summed E-state index contributed by atoms with van der Waals surface area (Å²) in [5, 5.41) is 11.4. The van der Waals surface area contributed by atoms with Gasteiger partial charge in [0.2, 0.25) is 5.91 Å². The van der Waals surface area contributed by atoms with Gasteiger partial charge in [-0.1, -0.05) is 48.6 Å². The molecule has 2 aliphatic rings. The molecule has 0 aliphatic carbocycles. The second kappa shape index (κ2) is 9.98. The molecular formula is C30H27F3N6O3. The van der Waals surface area contributed by atoms with Crippen molar-refractivity contribution in [3.05, 3.63) is 95.6 Å². The lowest BCUT2D eigenvalue weighted by molar-refractivity contribution is -0.138. The molecule has 216 valence electrons. The highest BCUT2D eigenvalue weighted by Crippen LogP contribution is 2.38. The highest BCUT2D eigenvalue weighted by atomic mass is 19.4. The zero-order valence-electron chi connectivity index (χ0n) is 22.3. The molecule has 1 fully saturated rings. The third kappa shape index (κ3) is 4.48. The molecule has 0 spiro atoms. The number of imidazole rings is 1. The van der Waals surface area contributed by atoms with Crippen LogP contribution in [-0.2, 0) is 21.4 Å². The first kappa shape index (κ1) is 27.5. The Bertz CT molecular complexity index is 1730. The van der Waals surface area contributed by atoms with Crippen molar-refractivity contribution in [1.29, 1.82) is 0 Å². The molecule has 4 heterocycles. The van der Waals surface area contributed by atoms with Gasteiger partial charge in [-0.05, 0) is 36.1 Å². The van der Waals surface area contributed by atoms with Crippen molar-refractivity contribution in [1.82, 2.24) is 19.3 Å². The number of rotatable bonds is 5. The summed E-state index contributed by atoms with van der Waals surface area (Å²) < 4.78 is 41.9. The molecule has 0 saturated carbocycles. The molecule has 12 heteroatoms. The number of anilines is 1. The number of alkyl halides is 3. The van der Waals surface area contributed by atoms with Crippen LogP contribution in [0.25, 0.3) is 16.8 Å². The second-order valence-corrected chi connectivity index (χ2v) is 10.6. The van der Waals surface area contributed by atoms with Crippen molar-refractivity contribution >= 4 is 23.1 Å². The zero-order valence-corrected chi connectivity index (χ0v) is 22.3. The standard InChI is InChI=1S/C30H27F3N6O3/c31-30(32,33)21-4-1-3-20(15-21)29(42,28(35)41)19-10-7-17(8-11-19)24-25-26(34)36-13-14-38(25)27(37-24)18-9-12-22-5-2-6-23(40)39(22)16-18/h1-5,7-8,10-11,13-15,18,22,42H,6,9,12,16H2,(H2,34,36)(H2,35,41)/t18-,22-,29?/m1/s1. The van der Waals surface area contributed by atoms with Gasteiger partial charge in [0.15, 0.2) is 5.60 Å². The van der Waals surface area contributed by atoms with E-state index in [4.69, 9.17) is 16.5 Å². The average Bonchev–Trinajstić information content (AvgIpc) is 3.37. The Kier molecular flexibility index (Phi) is 6.53. The van der Waals surface area contributed by atoms with Crippen LogP contribution in [0.5, 0.6) is 0 Å². The van der Waals surface area contributed by atoms with Gasteiger partial charge < -0.3 is 21.5 Å². The first-order chi connectivity index (χ1) is 20.0. The lowest BCUT2D eigenvalue weighted by atomic mass is 9.84. The van der Waals surface area contributed by atoms with Gasteiger partial charge in [-0.2, -0.15) is 13.2 Å². The lowest BCUT2D eigenvalue weighted by Crippen LogP contribution is -2.47. The molecular weight excluding hydrogens is 549 g/mol. The van der Waals surface area contributed by atoms with Gasteiger partial charge in [0, 0.05) is 36.8 Å². The molecule has 2 amide bonds. The van der Waals surface area contributed by atoms with Crippen molar-refractivity contribution in [2.24, 2.45) is 5.73 Å². The van der Waals surface area contributed by atoms with E-state index in [1.54, 1.807) is 24.5 Å². The van der Waals surface area contributed by atoms with Crippen LogP contribution in [0.1, 0.15) is 47.7 Å². The minimum absolute atomic E-state index is 0.0112. The third-order valence-electron chi connectivity index (χ3n) is 8.12. The summed E-state index contributed by atoms with van der Waals surface area (Å²) in [7, 11) is 0. The van der Waals surface area contributed by atoms with Gasteiger partial charge in [0.25, 0.3) is 5.91 Å². The summed E-state index contributed by atoms with van der Waals surface area (Å²) in [5.74, 6) is -0.252. The Balaban J connectivity index is 1.39. The number of aromatic nitrogens is 3. The van der Waals surface area contributed by atoms with Crippen LogP contribution in [0.4, 0.5) is 19.0 Å². The van der Waals surface area contributed by atoms with Gasteiger partial charge in [-0.3, -0.25) is 14.0 Å². The quantitative estimate of drug-likeness (QED) is 0.309. The number of aliphatic hydroxyl groups is 1. The van der Waals surface area contributed by atoms with Gasteiger partial charge >= 0.3 is 6.18 Å². The number of hydrogen-bond acceptors (Lipinski definition) is 6. The van der Waals surface area contributed by atoms with E-state index >= 15 is 0 Å². The van der Waals surface area contributed by atoms with E-state index in [1.165, 1.54) is 18.2 Å². The van der Waals surface area contributed by atoms with E-state index in [1.807, 2.05) is 15.4 Å². The summed E-state index contributed by atoms with van der Waals surface area (Å²) in [6.45, 7) is 0.510. The number of piperidine rings is 1. The maximum absolute atomic E-state index is 13.4. The van der Waals surface area contributed by atoms with Crippen LogP contribution in [0, 0.1) is 0 Å². The molecule has 5 N–H and O–H groups in total. The highest BCUT2D eigenvalue weighted by molar-refractivity contribution is 5.90. The summed E-state index contributed by atoms with van der Waals surface area (Å²) in [5.41, 5.74) is 9.59. The highest BCUT2D eigenvalue weighted by Gasteiger charge is 2.41. The molecule has 1 saturated heterocycles. The summed E-state index contributed by atoms with van der Waals surface area (Å²) in [6, 6.07) is 9.97. The molecule has 6 rings (SSSR count). The summed E-state index contributed by atoms with van der Waals surface area (Å²) in [6.07, 6.45) is 4.62. The van der Waals surface area contributed by atoms with E-state index in [-0.39, 0.29) is 34.8 Å².